The minimum absolute atomic E-state index is 0.380. The molecule has 6 heteroatoms. The molecule has 0 aliphatic heterocycles. The molecule has 2 N–H and O–H groups in total. The highest BCUT2D eigenvalue weighted by atomic mass is 35.5. The standard InChI is InChI=1S/C11H12Cl2N4/c1-17-10(15-16-11(17)6-14)5-7-2-3-8(12)9(13)4-7/h2-4H,5-6,14H2,1H3. The van der Waals surface area contributed by atoms with Crippen molar-refractivity contribution in [2.24, 2.45) is 12.8 Å². The first-order chi connectivity index (χ1) is 8.11. The molecule has 4 nitrogen and oxygen atoms in total. The topological polar surface area (TPSA) is 56.7 Å². The summed E-state index contributed by atoms with van der Waals surface area (Å²) in [5.74, 6) is 1.61. The van der Waals surface area contributed by atoms with Gasteiger partial charge >= 0.3 is 0 Å². The fourth-order valence-electron chi connectivity index (χ4n) is 1.56. The molecule has 1 aromatic carbocycles. The van der Waals surface area contributed by atoms with Crippen LogP contribution in [0.2, 0.25) is 10.0 Å². The highest BCUT2D eigenvalue weighted by Gasteiger charge is 2.08. The van der Waals surface area contributed by atoms with Crippen LogP contribution in [0.4, 0.5) is 0 Å². The van der Waals surface area contributed by atoms with Gasteiger partial charge in [-0.25, -0.2) is 0 Å². The van der Waals surface area contributed by atoms with Crippen LogP contribution >= 0.6 is 23.2 Å². The van der Waals surface area contributed by atoms with E-state index in [0.717, 1.165) is 17.2 Å². The Hall–Kier alpha value is -1.10. The van der Waals surface area contributed by atoms with Gasteiger partial charge in [0.2, 0.25) is 0 Å². The number of rotatable bonds is 3. The molecular weight excluding hydrogens is 259 g/mol. The number of hydrogen-bond acceptors (Lipinski definition) is 3. The summed E-state index contributed by atoms with van der Waals surface area (Å²) < 4.78 is 1.89. The molecule has 1 heterocycles. The molecule has 0 amide bonds. The molecule has 0 bridgehead atoms. The summed E-state index contributed by atoms with van der Waals surface area (Å²) in [6.45, 7) is 0.380. The summed E-state index contributed by atoms with van der Waals surface area (Å²) >= 11 is 11.8. The lowest BCUT2D eigenvalue weighted by Gasteiger charge is -2.04. The van der Waals surface area contributed by atoms with E-state index >= 15 is 0 Å². The van der Waals surface area contributed by atoms with Gasteiger partial charge in [-0.3, -0.25) is 0 Å². The Morgan fingerprint density at radius 1 is 1.18 bits per heavy atom. The third kappa shape index (κ3) is 2.60. The summed E-state index contributed by atoms with van der Waals surface area (Å²) in [4.78, 5) is 0. The van der Waals surface area contributed by atoms with Crippen molar-refractivity contribution in [2.75, 3.05) is 0 Å². The van der Waals surface area contributed by atoms with Crippen LogP contribution in [-0.4, -0.2) is 14.8 Å². The molecule has 17 heavy (non-hydrogen) atoms. The lowest BCUT2D eigenvalue weighted by molar-refractivity contribution is 0.758. The predicted octanol–water partition coefficient (Wildman–Crippen LogP) is 2.17. The van der Waals surface area contributed by atoms with Crippen LogP contribution in [0.5, 0.6) is 0 Å². The van der Waals surface area contributed by atoms with Crippen LogP contribution in [0.25, 0.3) is 0 Å². The van der Waals surface area contributed by atoms with E-state index in [1.54, 1.807) is 6.07 Å². The van der Waals surface area contributed by atoms with Crippen LogP contribution in [0.3, 0.4) is 0 Å². The highest BCUT2D eigenvalue weighted by molar-refractivity contribution is 6.42. The lowest BCUT2D eigenvalue weighted by Crippen LogP contribution is -2.07. The summed E-state index contributed by atoms with van der Waals surface area (Å²) in [6, 6.07) is 5.53. The zero-order valence-corrected chi connectivity index (χ0v) is 10.8. The van der Waals surface area contributed by atoms with E-state index in [0.29, 0.717) is 23.0 Å². The summed E-state index contributed by atoms with van der Waals surface area (Å²) in [7, 11) is 1.90. The van der Waals surface area contributed by atoms with E-state index in [9.17, 15) is 0 Å². The lowest BCUT2D eigenvalue weighted by atomic mass is 10.1. The first-order valence-electron chi connectivity index (χ1n) is 5.13. The molecule has 0 atom stereocenters. The molecule has 0 aliphatic rings. The molecule has 0 radical (unpaired) electrons. The second-order valence-corrected chi connectivity index (χ2v) is 4.54. The van der Waals surface area contributed by atoms with Gasteiger partial charge in [-0.05, 0) is 17.7 Å². The first kappa shape index (κ1) is 12.4. The Labute approximate surface area is 109 Å². The van der Waals surface area contributed by atoms with Crippen LogP contribution in [0, 0.1) is 0 Å². The molecular formula is C11H12Cl2N4. The Morgan fingerprint density at radius 2 is 1.88 bits per heavy atom. The van der Waals surface area contributed by atoms with Crippen molar-refractivity contribution < 1.29 is 0 Å². The summed E-state index contributed by atoms with van der Waals surface area (Å²) in [5, 5.41) is 9.19. The number of nitrogens with zero attached hydrogens (tertiary/aromatic N) is 3. The minimum atomic E-state index is 0.380. The van der Waals surface area contributed by atoms with Crippen molar-refractivity contribution in [1.82, 2.24) is 14.8 Å². The molecule has 0 unspecified atom stereocenters. The molecule has 0 saturated heterocycles. The first-order valence-corrected chi connectivity index (χ1v) is 5.88. The smallest absolute Gasteiger partial charge is 0.146 e. The van der Waals surface area contributed by atoms with Crippen LogP contribution in [0.1, 0.15) is 17.2 Å². The van der Waals surface area contributed by atoms with E-state index < -0.39 is 0 Å². The number of hydrogen-bond donors (Lipinski definition) is 1. The van der Waals surface area contributed by atoms with Crippen LogP contribution in [-0.2, 0) is 20.0 Å². The monoisotopic (exact) mass is 270 g/mol. The number of nitrogens with two attached hydrogens (primary N) is 1. The van der Waals surface area contributed by atoms with Crippen molar-refractivity contribution in [1.29, 1.82) is 0 Å². The second kappa shape index (κ2) is 5.04. The third-order valence-electron chi connectivity index (χ3n) is 2.58. The number of benzene rings is 1. The van der Waals surface area contributed by atoms with Gasteiger partial charge in [0.05, 0.1) is 16.6 Å². The molecule has 90 valence electrons. The second-order valence-electron chi connectivity index (χ2n) is 3.72. The fraction of sp³-hybridized carbons (Fsp3) is 0.273. The van der Waals surface area contributed by atoms with Gasteiger partial charge in [0.25, 0.3) is 0 Å². The zero-order chi connectivity index (χ0) is 12.4. The van der Waals surface area contributed by atoms with Crippen LogP contribution in [0.15, 0.2) is 18.2 Å². The fourth-order valence-corrected chi connectivity index (χ4v) is 1.88. The van der Waals surface area contributed by atoms with Crippen molar-refractivity contribution in [2.45, 2.75) is 13.0 Å². The maximum atomic E-state index is 5.96. The van der Waals surface area contributed by atoms with E-state index in [1.807, 2.05) is 23.7 Å². The largest absolute Gasteiger partial charge is 0.324 e. The third-order valence-corrected chi connectivity index (χ3v) is 3.32. The van der Waals surface area contributed by atoms with Gasteiger partial charge in [-0.1, -0.05) is 29.3 Å². The van der Waals surface area contributed by atoms with E-state index in [2.05, 4.69) is 10.2 Å². The Balaban J connectivity index is 2.25. The van der Waals surface area contributed by atoms with Crippen molar-refractivity contribution in [3.63, 3.8) is 0 Å². The summed E-state index contributed by atoms with van der Waals surface area (Å²) in [5.41, 5.74) is 6.58. The highest BCUT2D eigenvalue weighted by Crippen LogP contribution is 2.23. The summed E-state index contributed by atoms with van der Waals surface area (Å²) in [6.07, 6.45) is 0.653. The van der Waals surface area contributed by atoms with Gasteiger partial charge < -0.3 is 10.3 Å². The molecule has 2 aromatic rings. The van der Waals surface area contributed by atoms with Crippen molar-refractivity contribution >= 4 is 23.2 Å². The van der Waals surface area contributed by atoms with Crippen molar-refractivity contribution in [3.8, 4) is 0 Å². The van der Waals surface area contributed by atoms with Gasteiger partial charge in [0, 0.05) is 13.5 Å². The van der Waals surface area contributed by atoms with E-state index in [1.165, 1.54) is 0 Å². The molecule has 0 spiro atoms. The van der Waals surface area contributed by atoms with Gasteiger partial charge in [0.15, 0.2) is 0 Å². The van der Waals surface area contributed by atoms with Gasteiger partial charge in [-0.15, -0.1) is 10.2 Å². The predicted molar refractivity (Wildman–Crippen MR) is 68.2 cm³/mol. The maximum absolute atomic E-state index is 5.96. The zero-order valence-electron chi connectivity index (χ0n) is 9.32. The van der Waals surface area contributed by atoms with Crippen LogP contribution < -0.4 is 5.73 Å². The van der Waals surface area contributed by atoms with E-state index in [-0.39, 0.29) is 0 Å². The molecule has 0 aliphatic carbocycles. The van der Waals surface area contributed by atoms with Crippen molar-refractivity contribution in [3.05, 3.63) is 45.5 Å². The quantitative estimate of drug-likeness (QED) is 0.930. The Bertz CT molecular complexity index is 536. The van der Waals surface area contributed by atoms with Gasteiger partial charge in [-0.2, -0.15) is 0 Å². The normalized spacial score (nSPS) is 10.8. The molecule has 0 fully saturated rings. The average Bonchev–Trinajstić information content (AvgIpc) is 2.65. The van der Waals surface area contributed by atoms with Gasteiger partial charge in [0.1, 0.15) is 11.6 Å². The Kier molecular flexibility index (Phi) is 3.66. The SMILES string of the molecule is Cn1c(CN)nnc1Cc1ccc(Cl)c(Cl)c1. The Morgan fingerprint density at radius 3 is 2.47 bits per heavy atom. The molecule has 2 rings (SSSR count). The van der Waals surface area contributed by atoms with E-state index in [4.69, 9.17) is 28.9 Å². The average molecular weight is 271 g/mol. The number of halogens is 2. The molecule has 0 saturated carbocycles. The maximum Gasteiger partial charge on any atom is 0.146 e. The minimum Gasteiger partial charge on any atom is -0.324 e. The molecule has 1 aromatic heterocycles. The number of aromatic nitrogens is 3.